The normalized spacial score (nSPS) is 13.3. The van der Waals surface area contributed by atoms with E-state index in [0.717, 1.165) is 24.5 Å². The van der Waals surface area contributed by atoms with Gasteiger partial charge in [0.25, 0.3) is 0 Å². The number of nitrogens with one attached hydrogen (secondary N) is 1. The zero-order valence-electron chi connectivity index (χ0n) is 10.5. The molecule has 0 spiro atoms. The highest BCUT2D eigenvalue weighted by Gasteiger charge is 2.13. The summed E-state index contributed by atoms with van der Waals surface area (Å²) in [7, 11) is 0. The van der Waals surface area contributed by atoms with Crippen LogP contribution in [-0.2, 0) is 5.75 Å². The van der Waals surface area contributed by atoms with Gasteiger partial charge in [-0.2, -0.15) is 16.7 Å². The van der Waals surface area contributed by atoms with Crippen molar-refractivity contribution in [2.75, 3.05) is 6.54 Å². The molecule has 0 amide bonds. The van der Waals surface area contributed by atoms with Crippen molar-refractivity contribution in [2.24, 2.45) is 0 Å². The van der Waals surface area contributed by atoms with Gasteiger partial charge in [-0.25, -0.2) is 0 Å². The lowest BCUT2D eigenvalue weighted by Crippen LogP contribution is -2.19. The van der Waals surface area contributed by atoms with Crippen molar-refractivity contribution in [1.29, 1.82) is 0 Å². The molecule has 1 N–H and O–H groups in total. The zero-order valence-corrected chi connectivity index (χ0v) is 11.3. The molecule has 0 aliphatic rings. The minimum absolute atomic E-state index is 0.144. The first-order valence-electron chi connectivity index (χ1n) is 5.81. The summed E-state index contributed by atoms with van der Waals surface area (Å²) in [6.45, 7) is 9.48. The zero-order chi connectivity index (χ0) is 12.0. The van der Waals surface area contributed by atoms with Crippen LogP contribution in [0.1, 0.15) is 51.9 Å². The van der Waals surface area contributed by atoms with Gasteiger partial charge in [-0.15, -0.1) is 0 Å². The van der Waals surface area contributed by atoms with E-state index in [4.69, 9.17) is 4.52 Å². The molecule has 92 valence electrons. The van der Waals surface area contributed by atoms with Gasteiger partial charge in [0.1, 0.15) is 0 Å². The molecule has 1 aromatic heterocycles. The van der Waals surface area contributed by atoms with Gasteiger partial charge in [0.2, 0.25) is 5.89 Å². The van der Waals surface area contributed by atoms with E-state index in [-0.39, 0.29) is 6.04 Å². The van der Waals surface area contributed by atoms with Crippen molar-refractivity contribution in [1.82, 2.24) is 15.5 Å². The fraction of sp³-hybridized carbons (Fsp3) is 0.818. The number of hydrogen-bond acceptors (Lipinski definition) is 5. The molecule has 1 atom stereocenters. The van der Waals surface area contributed by atoms with Crippen LogP contribution in [0.5, 0.6) is 0 Å². The summed E-state index contributed by atoms with van der Waals surface area (Å²) in [5, 5.41) is 7.89. The minimum Gasteiger partial charge on any atom is -0.338 e. The summed E-state index contributed by atoms with van der Waals surface area (Å²) >= 11 is 1.82. The molecular weight excluding hydrogens is 222 g/mol. The maximum absolute atomic E-state index is 5.22. The molecule has 0 radical (unpaired) electrons. The second kappa shape index (κ2) is 6.91. The lowest BCUT2D eigenvalue weighted by molar-refractivity contribution is 0.337. The van der Waals surface area contributed by atoms with E-state index in [1.54, 1.807) is 0 Å². The largest absolute Gasteiger partial charge is 0.338 e. The van der Waals surface area contributed by atoms with Crippen LogP contribution >= 0.6 is 11.8 Å². The molecular formula is C11H21N3OS. The van der Waals surface area contributed by atoms with E-state index in [1.807, 2.05) is 18.7 Å². The minimum atomic E-state index is 0.144. The summed E-state index contributed by atoms with van der Waals surface area (Å²) in [5.74, 6) is 2.30. The lowest BCUT2D eigenvalue weighted by atomic mass is 10.3. The van der Waals surface area contributed by atoms with E-state index in [1.165, 1.54) is 0 Å². The Morgan fingerprint density at radius 3 is 2.75 bits per heavy atom. The highest BCUT2D eigenvalue weighted by molar-refractivity contribution is 7.99. The highest BCUT2D eigenvalue weighted by atomic mass is 32.2. The average Bonchev–Trinajstić information content (AvgIpc) is 2.71. The van der Waals surface area contributed by atoms with Crippen LogP contribution in [0.2, 0.25) is 0 Å². The van der Waals surface area contributed by atoms with Crippen LogP contribution in [0.15, 0.2) is 4.52 Å². The van der Waals surface area contributed by atoms with Crippen molar-refractivity contribution >= 4 is 11.8 Å². The van der Waals surface area contributed by atoms with Crippen molar-refractivity contribution in [2.45, 2.75) is 51.2 Å². The maximum Gasteiger partial charge on any atom is 0.243 e. The standard InChI is InChI=1S/C11H21N3OS/c1-5-6-12-9(4)11-13-10(14-15-11)7-16-8(2)3/h8-9,12H,5-7H2,1-4H3. The number of rotatable bonds is 7. The highest BCUT2D eigenvalue weighted by Crippen LogP contribution is 2.16. The third-order valence-corrected chi connectivity index (χ3v) is 3.19. The maximum atomic E-state index is 5.22. The summed E-state index contributed by atoms with van der Waals surface area (Å²) in [6.07, 6.45) is 1.11. The molecule has 0 saturated carbocycles. The van der Waals surface area contributed by atoms with Crippen LogP contribution in [0.4, 0.5) is 0 Å². The van der Waals surface area contributed by atoms with Gasteiger partial charge in [0, 0.05) is 0 Å². The second-order valence-electron chi connectivity index (χ2n) is 4.08. The molecule has 0 aliphatic carbocycles. The van der Waals surface area contributed by atoms with Crippen LogP contribution < -0.4 is 5.32 Å². The second-order valence-corrected chi connectivity index (χ2v) is 5.65. The molecule has 1 unspecified atom stereocenters. The van der Waals surface area contributed by atoms with E-state index < -0.39 is 0 Å². The Kier molecular flexibility index (Phi) is 5.84. The molecule has 4 nitrogen and oxygen atoms in total. The fourth-order valence-corrected chi connectivity index (χ4v) is 1.79. The molecule has 0 aromatic carbocycles. The van der Waals surface area contributed by atoms with E-state index >= 15 is 0 Å². The molecule has 1 heterocycles. The van der Waals surface area contributed by atoms with E-state index in [9.17, 15) is 0 Å². The summed E-state index contributed by atoms with van der Waals surface area (Å²) in [6, 6.07) is 0.144. The first-order valence-corrected chi connectivity index (χ1v) is 6.85. The van der Waals surface area contributed by atoms with Crippen molar-refractivity contribution in [3.05, 3.63) is 11.7 Å². The Bertz CT molecular complexity index is 301. The van der Waals surface area contributed by atoms with Crippen LogP contribution in [0.25, 0.3) is 0 Å². The smallest absolute Gasteiger partial charge is 0.243 e. The van der Waals surface area contributed by atoms with Gasteiger partial charge < -0.3 is 9.84 Å². The first kappa shape index (κ1) is 13.5. The van der Waals surface area contributed by atoms with Gasteiger partial charge in [0.15, 0.2) is 5.82 Å². The van der Waals surface area contributed by atoms with Gasteiger partial charge in [-0.05, 0) is 25.1 Å². The van der Waals surface area contributed by atoms with Crippen LogP contribution in [0.3, 0.4) is 0 Å². The third kappa shape index (κ3) is 4.53. The number of hydrogen-bond donors (Lipinski definition) is 1. The Morgan fingerprint density at radius 2 is 2.12 bits per heavy atom. The van der Waals surface area contributed by atoms with E-state index in [0.29, 0.717) is 11.1 Å². The fourth-order valence-electron chi connectivity index (χ4n) is 1.19. The summed E-state index contributed by atoms with van der Waals surface area (Å²) in [4.78, 5) is 4.37. The van der Waals surface area contributed by atoms with Crippen molar-refractivity contribution < 1.29 is 4.52 Å². The SMILES string of the molecule is CCCNC(C)c1nc(CSC(C)C)no1. The van der Waals surface area contributed by atoms with Crippen LogP contribution in [0, 0.1) is 0 Å². The van der Waals surface area contributed by atoms with Gasteiger partial charge in [-0.1, -0.05) is 25.9 Å². The van der Waals surface area contributed by atoms with Gasteiger partial charge >= 0.3 is 0 Å². The number of aromatic nitrogens is 2. The van der Waals surface area contributed by atoms with Gasteiger partial charge in [0.05, 0.1) is 11.8 Å². The molecule has 1 rings (SSSR count). The summed E-state index contributed by atoms with van der Waals surface area (Å²) in [5.41, 5.74) is 0. The number of thioether (sulfide) groups is 1. The van der Waals surface area contributed by atoms with Crippen LogP contribution in [-0.4, -0.2) is 21.9 Å². The average molecular weight is 243 g/mol. The molecule has 1 aromatic rings. The van der Waals surface area contributed by atoms with E-state index in [2.05, 4.69) is 36.2 Å². The Balaban J connectivity index is 2.43. The molecule has 0 fully saturated rings. The third-order valence-electron chi connectivity index (χ3n) is 2.10. The molecule has 0 bridgehead atoms. The topological polar surface area (TPSA) is 51.0 Å². The predicted molar refractivity (Wildman–Crippen MR) is 67.4 cm³/mol. The van der Waals surface area contributed by atoms with Gasteiger partial charge in [-0.3, -0.25) is 0 Å². The molecule has 0 aliphatic heterocycles. The monoisotopic (exact) mass is 243 g/mol. The number of nitrogens with zero attached hydrogens (tertiary/aromatic N) is 2. The van der Waals surface area contributed by atoms with Crippen molar-refractivity contribution in [3.63, 3.8) is 0 Å². The molecule has 5 heteroatoms. The Morgan fingerprint density at radius 1 is 1.38 bits per heavy atom. The first-order chi connectivity index (χ1) is 7.63. The summed E-state index contributed by atoms with van der Waals surface area (Å²) < 4.78 is 5.22. The molecule has 0 saturated heterocycles. The van der Waals surface area contributed by atoms with Crippen molar-refractivity contribution in [3.8, 4) is 0 Å². The quantitative estimate of drug-likeness (QED) is 0.798. The Hall–Kier alpha value is -0.550. The Labute approximate surface area is 102 Å². The lowest BCUT2D eigenvalue weighted by Gasteiger charge is -2.06. The predicted octanol–water partition coefficient (Wildman–Crippen LogP) is 2.77. The molecule has 16 heavy (non-hydrogen) atoms.